The summed E-state index contributed by atoms with van der Waals surface area (Å²) in [5.41, 5.74) is 2.03. The van der Waals surface area contributed by atoms with Gasteiger partial charge in [-0.25, -0.2) is 12.7 Å². The predicted molar refractivity (Wildman–Crippen MR) is 126 cm³/mol. The summed E-state index contributed by atoms with van der Waals surface area (Å²) in [5, 5.41) is 5.57. The van der Waals surface area contributed by atoms with Crippen LogP contribution in [0.4, 0.5) is 5.69 Å². The number of methoxy groups -OCH3 is 1. The number of hydrogen-bond donors (Lipinski definition) is 2. The van der Waals surface area contributed by atoms with E-state index in [9.17, 15) is 18.0 Å². The number of rotatable bonds is 8. The molecule has 0 saturated carbocycles. The van der Waals surface area contributed by atoms with Gasteiger partial charge in [0.25, 0.3) is 11.8 Å². The predicted octanol–water partition coefficient (Wildman–Crippen LogP) is 3.13. The van der Waals surface area contributed by atoms with Gasteiger partial charge >= 0.3 is 0 Å². The van der Waals surface area contributed by atoms with E-state index < -0.39 is 15.9 Å². The second-order valence-electron chi connectivity index (χ2n) is 7.36. The highest BCUT2D eigenvalue weighted by atomic mass is 32.2. The van der Waals surface area contributed by atoms with Crippen LogP contribution in [0.15, 0.2) is 77.7 Å². The summed E-state index contributed by atoms with van der Waals surface area (Å²) < 4.78 is 31.4. The van der Waals surface area contributed by atoms with Crippen molar-refractivity contribution in [3.63, 3.8) is 0 Å². The number of ether oxygens (including phenoxy) is 1. The molecular weight excluding hydrogens is 442 g/mol. The molecule has 3 aromatic carbocycles. The quantitative estimate of drug-likeness (QED) is 0.530. The van der Waals surface area contributed by atoms with Gasteiger partial charge in [-0.1, -0.05) is 30.3 Å². The molecule has 0 unspecified atom stereocenters. The number of nitrogens with zero attached hydrogens (tertiary/aromatic N) is 1. The summed E-state index contributed by atoms with van der Waals surface area (Å²) in [6.07, 6.45) is 0. The van der Waals surface area contributed by atoms with E-state index in [0.717, 1.165) is 9.87 Å². The lowest BCUT2D eigenvalue weighted by Gasteiger charge is -2.15. The minimum absolute atomic E-state index is 0.0952. The first-order valence-electron chi connectivity index (χ1n) is 10.1. The zero-order valence-electron chi connectivity index (χ0n) is 18.5. The molecule has 0 saturated heterocycles. The number of sulfonamides is 1. The summed E-state index contributed by atoms with van der Waals surface area (Å²) in [6, 6.07) is 20.2. The van der Waals surface area contributed by atoms with E-state index in [1.807, 2.05) is 18.2 Å². The molecule has 0 radical (unpaired) electrons. The Morgan fingerprint density at radius 1 is 0.879 bits per heavy atom. The zero-order chi connectivity index (χ0) is 24.0. The van der Waals surface area contributed by atoms with Crippen molar-refractivity contribution in [2.45, 2.75) is 11.4 Å². The molecule has 0 aliphatic rings. The highest BCUT2D eigenvalue weighted by molar-refractivity contribution is 7.89. The van der Waals surface area contributed by atoms with Gasteiger partial charge in [-0.15, -0.1) is 0 Å². The first kappa shape index (κ1) is 24.0. The summed E-state index contributed by atoms with van der Waals surface area (Å²) in [6.45, 7) is 0.160. The lowest BCUT2D eigenvalue weighted by Crippen LogP contribution is -2.25. The molecule has 0 aliphatic heterocycles. The SMILES string of the molecule is COc1ccc(C(=O)NCc2cccc(C(=O)Nc3ccccc3)c2)cc1S(=O)(=O)N(C)C. The van der Waals surface area contributed by atoms with Gasteiger partial charge < -0.3 is 15.4 Å². The Balaban J connectivity index is 1.72. The van der Waals surface area contributed by atoms with Crippen LogP contribution in [0.1, 0.15) is 26.3 Å². The Bertz CT molecular complexity index is 1260. The monoisotopic (exact) mass is 467 g/mol. The molecule has 33 heavy (non-hydrogen) atoms. The van der Waals surface area contributed by atoms with Crippen LogP contribution in [0.25, 0.3) is 0 Å². The Morgan fingerprint density at radius 2 is 1.58 bits per heavy atom. The van der Waals surface area contributed by atoms with Crippen molar-refractivity contribution in [1.82, 2.24) is 9.62 Å². The van der Waals surface area contributed by atoms with Crippen molar-refractivity contribution in [2.75, 3.05) is 26.5 Å². The van der Waals surface area contributed by atoms with Crippen LogP contribution in [-0.4, -0.2) is 45.7 Å². The highest BCUT2D eigenvalue weighted by Crippen LogP contribution is 2.27. The molecule has 172 valence electrons. The second kappa shape index (κ2) is 10.3. The highest BCUT2D eigenvalue weighted by Gasteiger charge is 2.24. The summed E-state index contributed by atoms with van der Waals surface area (Å²) in [7, 11) is 0.376. The van der Waals surface area contributed by atoms with Crippen molar-refractivity contribution in [3.8, 4) is 5.75 Å². The molecule has 0 fully saturated rings. The van der Waals surface area contributed by atoms with Gasteiger partial charge in [-0.05, 0) is 48.0 Å². The third kappa shape index (κ3) is 5.76. The van der Waals surface area contributed by atoms with Crippen molar-refractivity contribution in [1.29, 1.82) is 0 Å². The van der Waals surface area contributed by atoms with Crippen LogP contribution in [0, 0.1) is 0 Å². The number of carbonyl (C=O) groups excluding carboxylic acids is 2. The van der Waals surface area contributed by atoms with E-state index in [-0.39, 0.29) is 28.7 Å². The van der Waals surface area contributed by atoms with E-state index in [4.69, 9.17) is 4.74 Å². The van der Waals surface area contributed by atoms with E-state index >= 15 is 0 Å². The van der Waals surface area contributed by atoms with Crippen molar-refractivity contribution < 1.29 is 22.7 Å². The molecule has 8 nitrogen and oxygen atoms in total. The Morgan fingerprint density at radius 3 is 2.24 bits per heavy atom. The van der Waals surface area contributed by atoms with Gasteiger partial charge in [0, 0.05) is 37.5 Å². The number of benzene rings is 3. The van der Waals surface area contributed by atoms with E-state index in [1.54, 1.807) is 36.4 Å². The topological polar surface area (TPSA) is 105 Å². The standard InChI is InChI=1S/C24H25N3O5S/c1-27(2)33(30,31)22-15-19(12-13-21(22)32-3)23(28)25-16-17-8-7-9-18(14-17)24(29)26-20-10-5-4-6-11-20/h4-15H,16H2,1-3H3,(H,25,28)(H,26,29). The van der Waals surface area contributed by atoms with Crippen LogP contribution in [0.3, 0.4) is 0 Å². The summed E-state index contributed by atoms with van der Waals surface area (Å²) in [5.74, 6) is -0.563. The fraction of sp³-hybridized carbons (Fsp3) is 0.167. The van der Waals surface area contributed by atoms with Crippen LogP contribution in [0.5, 0.6) is 5.75 Å². The van der Waals surface area contributed by atoms with Gasteiger partial charge in [0.15, 0.2) is 0 Å². The fourth-order valence-corrected chi connectivity index (χ4v) is 4.12. The lowest BCUT2D eigenvalue weighted by atomic mass is 10.1. The molecule has 9 heteroatoms. The average Bonchev–Trinajstić information content (AvgIpc) is 2.82. The van der Waals surface area contributed by atoms with Crippen LogP contribution in [-0.2, 0) is 16.6 Å². The van der Waals surface area contributed by atoms with Gasteiger partial charge in [-0.3, -0.25) is 9.59 Å². The zero-order valence-corrected chi connectivity index (χ0v) is 19.3. The maximum absolute atomic E-state index is 12.7. The first-order chi connectivity index (χ1) is 15.7. The Hall–Kier alpha value is -3.69. The van der Waals surface area contributed by atoms with Gasteiger partial charge in [0.1, 0.15) is 10.6 Å². The van der Waals surface area contributed by atoms with Crippen molar-refractivity contribution in [3.05, 3.63) is 89.5 Å². The maximum atomic E-state index is 12.7. The summed E-state index contributed by atoms with van der Waals surface area (Å²) >= 11 is 0. The van der Waals surface area contributed by atoms with Crippen molar-refractivity contribution in [2.24, 2.45) is 0 Å². The molecule has 3 aromatic rings. The van der Waals surface area contributed by atoms with Crippen molar-refractivity contribution >= 4 is 27.5 Å². The molecule has 2 N–H and O–H groups in total. The van der Waals surface area contributed by atoms with E-state index in [1.165, 1.54) is 39.4 Å². The normalized spacial score (nSPS) is 11.2. The molecule has 0 heterocycles. The Labute approximate surface area is 193 Å². The molecule has 0 aliphatic carbocycles. The number of hydrogen-bond acceptors (Lipinski definition) is 5. The molecule has 0 aromatic heterocycles. The molecule has 0 bridgehead atoms. The van der Waals surface area contributed by atoms with E-state index in [2.05, 4.69) is 10.6 Å². The minimum Gasteiger partial charge on any atom is -0.495 e. The molecule has 0 spiro atoms. The summed E-state index contributed by atoms with van der Waals surface area (Å²) in [4.78, 5) is 25.1. The van der Waals surface area contributed by atoms with Crippen LogP contribution >= 0.6 is 0 Å². The lowest BCUT2D eigenvalue weighted by molar-refractivity contribution is 0.0950. The molecule has 0 atom stereocenters. The fourth-order valence-electron chi connectivity index (χ4n) is 3.05. The third-order valence-electron chi connectivity index (χ3n) is 4.86. The first-order valence-corrected chi connectivity index (χ1v) is 11.5. The smallest absolute Gasteiger partial charge is 0.255 e. The molecule has 3 rings (SSSR count). The van der Waals surface area contributed by atoms with Gasteiger partial charge in [0.05, 0.1) is 7.11 Å². The minimum atomic E-state index is -3.80. The second-order valence-corrected chi connectivity index (χ2v) is 9.48. The molecular formula is C24H25N3O5S. The van der Waals surface area contributed by atoms with Crippen LogP contribution in [0.2, 0.25) is 0 Å². The number of anilines is 1. The number of amides is 2. The third-order valence-corrected chi connectivity index (χ3v) is 6.69. The number of para-hydroxylation sites is 1. The maximum Gasteiger partial charge on any atom is 0.255 e. The van der Waals surface area contributed by atoms with Crippen LogP contribution < -0.4 is 15.4 Å². The van der Waals surface area contributed by atoms with Gasteiger partial charge in [-0.2, -0.15) is 0 Å². The van der Waals surface area contributed by atoms with E-state index in [0.29, 0.717) is 11.3 Å². The Kier molecular flexibility index (Phi) is 7.47. The molecule has 2 amide bonds. The van der Waals surface area contributed by atoms with Gasteiger partial charge in [0.2, 0.25) is 10.0 Å². The average molecular weight is 468 g/mol. The largest absolute Gasteiger partial charge is 0.495 e. The number of nitrogens with one attached hydrogen (secondary N) is 2. The number of carbonyl (C=O) groups is 2.